The van der Waals surface area contributed by atoms with Crippen molar-refractivity contribution in [3.8, 4) is 0 Å². The number of carbonyl (C=O) groups excluding carboxylic acids is 1. The number of hydrogen-bond acceptors (Lipinski definition) is 2. The minimum atomic E-state index is -0.309. The van der Waals surface area contributed by atoms with Crippen molar-refractivity contribution < 1.29 is 9.18 Å². The number of nitrogens with zero attached hydrogens (tertiary/aromatic N) is 1. The topological polar surface area (TPSA) is 42.0 Å². The van der Waals surface area contributed by atoms with Gasteiger partial charge >= 0.3 is 0 Å². The number of pyridine rings is 1. The van der Waals surface area contributed by atoms with E-state index in [0.29, 0.717) is 6.54 Å². The first kappa shape index (κ1) is 15.7. The molecule has 1 aliphatic carbocycles. The molecule has 1 aliphatic rings. The van der Waals surface area contributed by atoms with Crippen molar-refractivity contribution in [3.05, 3.63) is 65.7 Å². The maximum Gasteiger partial charge on any atom is 0.223 e. The van der Waals surface area contributed by atoms with E-state index in [1.165, 1.54) is 12.1 Å². The Balaban J connectivity index is 1.57. The number of amides is 1. The van der Waals surface area contributed by atoms with Gasteiger partial charge in [0, 0.05) is 30.3 Å². The van der Waals surface area contributed by atoms with Crippen molar-refractivity contribution in [1.29, 1.82) is 0 Å². The molecule has 23 heavy (non-hydrogen) atoms. The zero-order valence-electron chi connectivity index (χ0n) is 13.4. The molecule has 1 fully saturated rings. The van der Waals surface area contributed by atoms with Crippen molar-refractivity contribution >= 4 is 5.91 Å². The van der Waals surface area contributed by atoms with Gasteiger partial charge in [-0.2, -0.15) is 0 Å². The van der Waals surface area contributed by atoms with Crippen molar-refractivity contribution in [2.75, 3.05) is 6.54 Å². The highest BCUT2D eigenvalue weighted by atomic mass is 19.1. The summed E-state index contributed by atoms with van der Waals surface area (Å²) in [6.45, 7) is 4.51. The number of rotatable bonds is 5. The average Bonchev–Trinajstić information content (AvgIpc) is 3.34. The molecule has 2 aromatic rings. The fraction of sp³-hybridized carbons (Fsp3) is 0.368. The van der Waals surface area contributed by atoms with Crippen molar-refractivity contribution in [2.45, 2.75) is 31.6 Å². The van der Waals surface area contributed by atoms with E-state index < -0.39 is 0 Å². The summed E-state index contributed by atoms with van der Waals surface area (Å²) in [5.74, 6) is 0.132. The molecule has 0 bridgehead atoms. The number of hydrogen-bond donors (Lipinski definition) is 1. The maximum absolute atomic E-state index is 13.4. The van der Waals surface area contributed by atoms with Crippen LogP contribution in [0.3, 0.4) is 0 Å². The van der Waals surface area contributed by atoms with Crippen LogP contribution in [0.4, 0.5) is 4.39 Å². The molecule has 0 aliphatic heterocycles. The van der Waals surface area contributed by atoms with Crippen LogP contribution < -0.4 is 5.32 Å². The van der Waals surface area contributed by atoms with Gasteiger partial charge in [0.2, 0.25) is 5.91 Å². The number of benzene rings is 1. The van der Waals surface area contributed by atoms with Crippen LogP contribution in [0, 0.1) is 11.7 Å². The summed E-state index contributed by atoms with van der Waals surface area (Å²) < 4.78 is 13.4. The summed E-state index contributed by atoms with van der Waals surface area (Å²) in [6, 6.07) is 10.5. The molecule has 1 heterocycles. The highest BCUT2D eigenvalue weighted by Crippen LogP contribution is 2.47. The predicted molar refractivity (Wildman–Crippen MR) is 87.5 cm³/mol. The lowest BCUT2D eigenvalue weighted by molar-refractivity contribution is -0.122. The fourth-order valence-corrected chi connectivity index (χ4v) is 2.90. The maximum atomic E-state index is 13.4. The normalized spacial score (nSPS) is 20.1. The van der Waals surface area contributed by atoms with Gasteiger partial charge in [-0.25, -0.2) is 4.39 Å². The molecule has 1 amide bonds. The third-order valence-electron chi connectivity index (χ3n) is 4.55. The largest absolute Gasteiger partial charge is 0.355 e. The zero-order valence-corrected chi connectivity index (χ0v) is 13.4. The van der Waals surface area contributed by atoms with Gasteiger partial charge in [0.25, 0.3) is 0 Å². The Morgan fingerprint density at radius 1 is 1.35 bits per heavy atom. The minimum Gasteiger partial charge on any atom is -0.355 e. The van der Waals surface area contributed by atoms with Gasteiger partial charge in [-0.1, -0.05) is 32.0 Å². The molecule has 3 nitrogen and oxygen atoms in total. The quantitative estimate of drug-likeness (QED) is 0.919. The number of aromatic nitrogens is 1. The SMILES string of the molecule is CC(C)(CNC(=O)[C@@H]1C[C@@H]1c1cccnc1)c1cccc(F)c1. The first-order chi connectivity index (χ1) is 11.0. The minimum absolute atomic E-state index is 0.0301. The summed E-state index contributed by atoms with van der Waals surface area (Å²) >= 11 is 0. The molecule has 1 N–H and O–H groups in total. The molecule has 0 saturated heterocycles. The van der Waals surface area contributed by atoms with E-state index in [2.05, 4.69) is 10.3 Å². The third-order valence-corrected chi connectivity index (χ3v) is 4.55. The van der Waals surface area contributed by atoms with Gasteiger partial charge in [-0.15, -0.1) is 0 Å². The summed E-state index contributed by atoms with van der Waals surface area (Å²) in [6.07, 6.45) is 4.44. The van der Waals surface area contributed by atoms with Gasteiger partial charge in [-0.05, 0) is 41.7 Å². The first-order valence-electron chi connectivity index (χ1n) is 7.91. The molecule has 1 saturated carbocycles. The third kappa shape index (κ3) is 3.58. The Morgan fingerprint density at radius 3 is 2.87 bits per heavy atom. The Labute approximate surface area is 135 Å². The monoisotopic (exact) mass is 312 g/mol. The Morgan fingerprint density at radius 2 is 2.17 bits per heavy atom. The Kier molecular flexibility index (Phi) is 4.16. The van der Waals surface area contributed by atoms with Gasteiger partial charge < -0.3 is 5.32 Å². The second-order valence-electron chi connectivity index (χ2n) is 6.85. The van der Waals surface area contributed by atoms with E-state index in [0.717, 1.165) is 17.5 Å². The Hall–Kier alpha value is -2.23. The molecule has 3 rings (SSSR count). The van der Waals surface area contributed by atoms with Crippen LogP contribution in [0.15, 0.2) is 48.8 Å². The van der Waals surface area contributed by atoms with E-state index in [9.17, 15) is 9.18 Å². The zero-order chi connectivity index (χ0) is 16.4. The summed E-state index contributed by atoms with van der Waals surface area (Å²) in [5.41, 5.74) is 1.70. The van der Waals surface area contributed by atoms with Crippen LogP contribution in [0.25, 0.3) is 0 Å². The predicted octanol–water partition coefficient (Wildman–Crippen LogP) is 3.42. The summed E-state index contributed by atoms with van der Waals surface area (Å²) in [5, 5.41) is 3.02. The molecule has 0 radical (unpaired) electrons. The van der Waals surface area contributed by atoms with E-state index in [1.807, 2.05) is 38.2 Å². The molecule has 0 spiro atoms. The molecular weight excluding hydrogens is 291 g/mol. The fourth-order valence-electron chi connectivity index (χ4n) is 2.90. The van der Waals surface area contributed by atoms with Gasteiger partial charge in [-0.3, -0.25) is 9.78 Å². The van der Waals surface area contributed by atoms with Crippen LogP contribution in [0.2, 0.25) is 0 Å². The number of halogens is 1. The lowest BCUT2D eigenvalue weighted by atomic mass is 9.84. The second-order valence-corrected chi connectivity index (χ2v) is 6.85. The lowest BCUT2D eigenvalue weighted by Gasteiger charge is -2.25. The number of carbonyl (C=O) groups is 1. The molecular formula is C19H21FN2O. The highest BCUT2D eigenvalue weighted by Gasteiger charge is 2.44. The van der Waals surface area contributed by atoms with Crippen LogP contribution in [0.5, 0.6) is 0 Å². The standard InChI is InChI=1S/C19H21FN2O/c1-19(2,14-6-3-7-15(20)9-14)12-22-18(23)17-10-16(17)13-5-4-8-21-11-13/h3-9,11,16-17H,10,12H2,1-2H3,(H,22,23)/t16-,17-/m1/s1. The van der Waals surface area contributed by atoms with Crippen molar-refractivity contribution in [2.24, 2.45) is 5.92 Å². The van der Waals surface area contributed by atoms with Gasteiger partial charge in [0.1, 0.15) is 5.82 Å². The van der Waals surface area contributed by atoms with E-state index in [-0.39, 0.29) is 29.0 Å². The smallest absolute Gasteiger partial charge is 0.223 e. The van der Waals surface area contributed by atoms with Gasteiger partial charge in [0.15, 0.2) is 0 Å². The van der Waals surface area contributed by atoms with E-state index in [1.54, 1.807) is 12.3 Å². The second kappa shape index (κ2) is 6.11. The van der Waals surface area contributed by atoms with E-state index in [4.69, 9.17) is 0 Å². The van der Waals surface area contributed by atoms with Crippen molar-refractivity contribution in [1.82, 2.24) is 10.3 Å². The Bertz CT molecular complexity index is 700. The molecule has 2 atom stereocenters. The lowest BCUT2D eigenvalue weighted by Crippen LogP contribution is -2.37. The van der Waals surface area contributed by atoms with Gasteiger partial charge in [0.05, 0.1) is 0 Å². The molecule has 120 valence electrons. The van der Waals surface area contributed by atoms with Crippen LogP contribution >= 0.6 is 0 Å². The average molecular weight is 312 g/mol. The highest BCUT2D eigenvalue weighted by molar-refractivity contribution is 5.83. The van der Waals surface area contributed by atoms with Crippen LogP contribution in [-0.4, -0.2) is 17.4 Å². The van der Waals surface area contributed by atoms with Crippen LogP contribution in [0.1, 0.15) is 37.3 Å². The molecule has 4 heteroatoms. The molecule has 1 aromatic carbocycles. The summed E-state index contributed by atoms with van der Waals surface area (Å²) in [7, 11) is 0. The molecule has 0 unspecified atom stereocenters. The van der Waals surface area contributed by atoms with Crippen LogP contribution in [-0.2, 0) is 10.2 Å². The summed E-state index contributed by atoms with van der Waals surface area (Å²) in [4.78, 5) is 16.4. The number of nitrogens with one attached hydrogen (secondary N) is 1. The first-order valence-corrected chi connectivity index (χ1v) is 7.91. The molecule has 1 aromatic heterocycles. The van der Waals surface area contributed by atoms with E-state index >= 15 is 0 Å². The van der Waals surface area contributed by atoms with Crippen molar-refractivity contribution in [3.63, 3.8) is 0 Å².